The fraction of sp³-hybridized carbons (Fsp3) is 0.154. The first-order valence-electron chi connectivity index (χ1n) is 5.72. The lowest BCUT2D eigenvalue weighted by molar-refractivity contribution is 0.0955. The van der Waals surface area contributed by atoms with Crippen LogP contribution in [0, 0.1) is 16.3 Å². The highest BCUT2D eigenvalue weighted by Gasteiger charge is 2.15. The summed E-state index contributed by atoms with van der Waals surface area (Å²) >= 11 is 1.99. The average molecular weight is 387 g/mol. The van der Waals surface area contributed by atoms with Gasteiger partial charge in [-0.3, -0.25) is 9.59 Å². The van der Waals surface area contributed by atoms with Crippen molar-refractivity contribution < 1.29 is 9.18 Å². The fourth-order valence-corrected chi connectivity index (χ4v) is 2.12. The third-order valence-corrected chi connectivity index (χ3v) is 3.37. The largest absolute Gasteiger partial charge is 0.354 e. The Kier molecular flexibility index (Phi) is 4.17. The first-order chi connectivity index (χ1) is 9.43. The zero-order chi connectivity index (χ0) is 14.9. The zero-order valence-corrected chi connectivity index (χ0v) is 12.9. The molecule has 0 radical (unpaired) electrons. The molecule has 0 atom stereocenters. The number of benzene rings is 1. The summed E-state index contributed by atoms with van der Waals surface area (Å²) in [7, 11) is 1.40. The van der Waals surface area contributed by atoms with Crippen LogP contribution in [0.4, 0.5) is 4.39 Å². The van der Waals surface area contributed by atoms with Crippen molar-refractivity contribution in [2.75, 3.05) is 7.05 Å². The van der Waals surface area contributed by atoms with Crippen molar-refractivity contribution in [2.45, 2.75) is 6.92 Å². The number of amides is 1. The highest BCUT2D eigenvalue weighted by Crippen LogP contribution is 2.15. The Labute approximate surface area is 128 Å². The number of hydrogen-bond donors (Lipinski definition) is 1. The van der Waals surface area contributed by atoms with Crippen LogP contribution in [-0.4, -0.2) is 22.7 Å². The van der Waals surface area contributed by atoms with Crippen LogP contribution in [-0.2, 0) is 0 Å². The quantitative estimate of drug-likeness (QED) is 0.798. The van der Waals surface area contributed by atoms with E-state index >= 15 is 0 Å². The van der Waals surface area contributed by atoms with Crippen molar-refractivity contribution >= 4 is 28.5 Å². The van der Waals surface area contributed by atoms with Gasteiger partial charge in [-0.1, -0.05) is 0 Å². The molecule has 0 bridgehead atoms. The van der Waals surface area contributed by atoms with Gasteiger partial charge in [-0.2, -0.15) is 5.10 Å². The molecule has 0 aliphatic rings. The first-order valence-corrected chi connectivity index (χ1v) is 6.80. The van der Waals surface area contributed by atoms with Crippen LogP contribution in [0.1, 0.15) is 16.1 Å². The van der Waals surface area contributed by atoms with E-state index in [9.17, 15) is 14.0 Å². The Balaban J connectivity index is 2.67. The molecule has 2 aromatic rings. The normalized spacial score (nSPS) is 10.4. The average Bonchev–Trinajstić information content (AvgIpc) is 2.41. The molecule has 0 aliphatic heterocycles. The standard InChI is InChI=1S/C13H11FIN3O2/c1-7-6-18(10-4-3-8(15)5-9(10)14)17-11(12(7)19)13(20)16-2/h3-6H,1-2H3,(H,16,20). The molecule has 2 rings (SSSR count). The van der Waals surface area contributed by atoms with E-state index in [2.05, 4.69) is 10.4 Å². The van der Waals surface area contributed by atoms with Gasteiger partial charge in [-0.15, -0.1) is 0 Å². The van der Waals surface area contributed by atoms with E-state index in [1.54, 1.807) is 19.1 Å². The van der Waals surface area contributed by atoms with Gasteiger partial charge in [-0.25, -0.2) is 9.07 Å². The number of aryl methyl sites for hydroxylation is 1. The summed E-state index contributed by atoms with van der Waals surface area (Å²) in [6.07, 6.45) is 1.40. The Morgan fingerprint density at radius 2 is 2.15 bits per heavy atom. The van der Waals surface area contributed by atoms with Crippen molar-refractivity contribution in [3.05, 3.63) is 55.3 Å². The monoisotopic (exact) mass is 387 g/mol. The Bertz CT molecular complexity index is 743. The molecule has 1 heterocycles. The molecule has 0 aliphatic carbocycles. The van der Waals surface area contributed by atoms with Crippen LogP contribution < -0.4 is 10.7 Å². The van der Waals surface area contributed by atoms with Crippen molar-refractivity contribution in [3.63, 3.8) is 0 Å². The van der Waals surface area contributed by atoms with Gasteiger partial charge in [0.25, 0.3) is 5.91 Å². The van der Waals surface area contributed by atoms with Gasteiger partial charge < -0.3 is 5.32 Å². The maximum absolute atomic E-state index is 13.9. The second-order valence-corrected chi connectivity index (χ2v) is 5.35. The van der Waals surface area contributed by atoms with Crippen molar-refractivity contribution in [2.24, 2.45) is 0 Å². The SMILES string of the molecule is CNC(=O)c1nn(-c2ccc(I)cc2F)cc(C)c1=O. The Morgan fingerprint density at radius 1 is 1.45 bits per heavy atom. The summed E-state index contributed by atoms with van der Waals surface area (Å²) < 4.78 is 15.9. The molecule has 0 saturated heterocycles. The van der Waals surface area contributed by atoms with Crippen molar-refractivity contribution in [1.29, 1.82) is 0 Å². The molecule has 1 aromatic heterocycles. The van der Waals surface area contributed by atoms with Crippen LogP contribution in [0.15, 0.2) is 29.2 Å². The molecule has 0 unspecified atom stereocenters. The third-order valence-electron chi connectivity index (χ3n) is 2.70. The number of nitrogens with zero attached hydrogens (tertiary/aromatic N) is 2. The molecule has 1 aromatic carbocycles. The molecule has 7 heteroatoms. The van der Waals surface area contributed by atoms with Gasteiger partial charge in [-0.05, 0) is 47.7 Å². The summed E-state index contributed by atoms with van der Waals surface area (Å²) in [5.74, 6) is -1.08. The smallest absolute Gasteiger partial charge is 0.275 e. The summed E-state index contributed by atoms with van der Waals surface area (Å²) in [6.45, 7) is 1.55. The summed E-state index contributed by atoms with van der Waals surface area (Å²) in [4.78, 5) is 23.5. The van der Waals surface area contributed by atoms with Crippen LogP contribution in [0.2, 0.25) is 0 Å². The Morgan fingerprint density at radius 3 is 2.75 bits per heavy atom. The maximum Gasteiger partial charge on any atom is 0.275 e. The number of aromatic nitrogens is 2. The number of carbonyl (C=O) groups is 1. The van der Waals surface area contributed by atoms with Crippen LogP contribution in [0.5, 0.6) is 0 Å². The van der Waals surface area contributed by atoms with E-state index in [-0.39, 0.29) is 11.4 Å². The van der Waals surface area contributed by atoms with Gasteiger partial charge in [0.1, 0.15) is 11.5 Å². The lowest BCUT2D eigenvalue weighted by atomic mass is 10.2. The Hall–Kier alpha value is -1.77. The molecule has 0 saturated carbocycles. The van der Waals surface area contributed by atoms with Crippen LogP contribution >= 0.6 is 22.6 Å². The van der Waals surface area contributed by atoms with E-state index in [4.69, 9.17) is 0 Å². The maximum atomic E-state index is 13.9. The molecule has 20 heavy (non-hydrogen) atoms. The third kappa shape index (κ3) is 2.72. The zero-order valence-electron chi connectivity index (χ0n) is 10.8. The van der Waals surface area contributed by atoms with Crippen LogP contribution in [0.25, 0.3) is 5.69 Å². The summed E-state index contributed by atoms with van der Waals surface area (Å²) in [5.41, 5.74) is -0.229. The lowest BCUT2D eigenvalue weighted by Crippen LogP contribution is -2.30. The number of hydrogen-bond acceptors (Lipinski definition) is 3. The van der Waals surface area contributed by atoms with Gasteiger partial charge in [0, 0.05) is 22.4 Å². The lowest BCUT2D eigenvalue weighted by Gasteiger charge is -2.09. The number of halogens is 2. The molecule has 0 fully saturated rings. The van der Waals surface area contributed by atoms with Gasteiger partial charge >= 0.3 is 0 Å². The van der Waals surface area contributed by atoms with Gasteiger partial charge in [0.15, 0.2) is 5.69 Å². The summed E-state index contributed by atoms with van der Waals surface area (Å²) in [6, 6.07) is 4.61. The minimum absolute atomic E-state index is 0.179. The molecule has 104 valence electrons. The van der Waals surface area contributed by atoms with E-state index in [0.717, 1.165) is 3.57 Å². The first kappa shape index (κ1) is 14.6. The minimum Gasteiger partial charge on any atom is -0.354 e. The van der Waals surface area contributed by atoms with Crippen molar-refractivity contribution in [1.82, 2.24) is 15.1 Å². The van der Waals surface area contributed by atoms with E-state index in [0.29, 0.717) is 5.56 Å². The van der Waals surface area contributed by atoms with E-state index in [1.165, 1.54) is 24.0 Å². The van der Waals surface area contributed by atoms with Crippen LogP contribution in [0.3, 0.4) is 0 Å². The second-order valence-electron chi connectivity index (χ2n) is 4.11. The molecule has 1 N–H and O–H groups in total. The predicted octanol–water partition coefficient (Wildman–Crippen LogP) is 1.64. The van der Waals surface area contributed by atoms with E-state index in [1.807, 2.05) is 22.6 Å². The number of nitrogens with one attached hydrogen (secondary N) is 1. The van der Waals surface area contributed by atoms with E-state index < -0.39 is 17.2 Å². The predicted molar refractivity (Wildman–Crippen MR) is 80.6 cm³/mol. The van der Waals surface area contributed by atoms with Gasteiger partial charge in [0.2, 0.25) is 5.43 Å². The number of rotatable bonds is 2. The molecular formula is C13H11FIN3O2. The second kappa shape index (κ2) is 5.70. The molecule has 5 nitrogen and oxygen atoms in total. The highest BCUT2D eigenvalue weighted by molar-refractivity contribution is 14.1. The topological polar surface area (TPSA) is 64.0 Å². The van der Waals surface area contributed by atoms with Gasteiger partial charge in [0.05, 0.1) is 0 Å². The molecule has 0 spiro atoms. The van der Waals surface area contributed by atoms with Crippen molar-refractivity contribution in [3.8, 4) is 5.69 Å². The molecular weight excluding hydrogens is 376 g/mol. The summed E-state index contributed by atoms with van der Waals surface area (Å²) in [5, 5.41) is 6.26. The molecule has 1 amide bonds. The fourth-order valence-electron chi connectivity index (χ4n) is 1.67. The number of carbonyl (C=O) groups excluding carboxylic acids is 1. The highest BCUT2D eigenvalue weighted by atomic mass is 127. The minimum atomic E-state index is -0.599.